The number of ketones is 1. The third kappa shape index (κ3) is 2.98. The van der Waals surface area contributed by atoms with Gasteiger partial charge >= 0.3 is 0 Å². The number of hydrogen-bond donors (Lipinski definition) is 0. The number of hydrogen-bond acceptors (Lipinski definition) is 4. The average molecular weight is 321 g/mol. The summed E-state index contributed by atoms with van der Waals surface area (Å²) >= 11 is 0. The lowest BCUT2D eigenvalue weighted by atomic mass is 9.80. The van der Waals surface area contributed by atoms with Gasteiger partial charge in [0, 0.05) is 23.6 Å². The second-order valence-corrected chi connectivity index (χ2v) is 6.58. The third-order valence-corrected chi connectivity index (χ3v) is 4.29. The van der Waals surface area contributed by atoms with Crippen molar-refractivity contribution in [2.24, 2.45) is 0 Å². The smallest absolute Gasteiger partial charge is 0.170 e. The van der Waals surface area contributed by atoms with Gasteiger partial charge < -0.3 is 9.47 Å². The minimum absolute atomic E-state index is 0.0438. The molecule has 24 heavy (non-hydrogen) atoms. The highest BCUT2D eigenvalue weighted by Gasteiger charge is 2.38. The van der Waals surface area contributed by atoms with Crippen LogP contribution in [0.3, 0.4) is 0 Å². The molecule has 1 unspecified atom stereocenters. The molecule has 1 heterocycles. The molecule has 1 aliphatic rings. The number of benzene rings is 2. The number of ether oxygens (including phenoxy) is 2. The Morgan fingerprint density at radius 1 is 1.25 bits per heavy atom. The van der Waals surface area contributed by atoms with Gasteiger partial charge in [-0.25, -0.2) is 0 Å². The Labute approximate surface area is 141 Å². The van der Waals surface area contributed by atoms with Crippen molar-refractivity contribution in [3.05, 3.63) is 59.2 Å². The molecule has 2 aromatic carbocycles. The van der Waals surface area contributed by atoms with Crippen molar-refractivity contribution in [2.45, 2.75) is 31.8 Å². The Morgan fingerprint density at radius 3 is 2.58 bits per heavy atom. The summed E-state index contributed by atoms with van der Waals surface area (Å²) in [7, 11) is 1.61. The van der Waals surface area contributed by atoms with E-state index in [-0.39, 0.29) is 11.7 Å². The second kappa shape index (κ2) is 6.01. The highest BCUT2D eigenvalue weighted by molar-refractivity contribution is 6.01. The van der Waals surface area contributed by atoms with E-state index in [2.05, 4.69) is 6.07 Å². The molecule has 0 N–H and O–H groups in total. The van der Waals surface area contributed by atoms with Gasteiger partial charge in [-0.2, -0.15) is 5.26 Å². The summed E-state index contributed by atoms with van der Waals surface area (Å²) in [5.41, 5.74) is 1.60. The van der Waals surface area contributed by atoms with Crippen LogP contribution in [0.2, 0.25) is 0 Å². The Balaban J connectivity index is 2.00. The molecule has 4 heteroatoms. The van der Waals surface area contributed by atoms with E-state index in [9.17, 15) is 4.79 Å². The number of nitrogens with zero attached hydrogens (tertiary/aromatic N) is 1. The van der Waals surface area contributed by atoms with Crippen molar-refractivity contribution in [1.82, 2.24) is 0 Å². The molecular weight excluding hydrogens is 302 g/mol. The van der Waals surface area contributed by atoms with Gasteiger partial charge in [0.25, 0.3) is 0 Å². The summed E-state index contributed by atoms with van der Waals surface area (Å²) < 4.78 is 11.3. The zero-order chi connectivity index (χ0) is 17.3. The quantitative estimate of drug-likeness (QED) is 0.799. The molecule has 0 radical (unpaired) electrons. The molecule has 122 valence electrons. The number of fused-ring (bicyclic) bond motifs is 1. The Morgan fingerprint density at radius 2 is 1.96 bits per heavy atom. The Kier molecular flexibility index (Phi) is 4.02. The summed E-state index contributed by atoms with van der Waals surface area (Å²) in [6.07, 6.45) is 0.602. The fourth-order valence-corrected chi connectivity index (χ4v) is 3.10. The SMILES string of the molecule is COc1ccc2c(c1)OC(C)(C)CC2C(=O)c1ccc(C#N)cc1. The predicted molar refractivity (Wildman–Crippen MR) is 90.5 cm³/mol. The molecule has 2 aromatic rings. The zero-order valence-corrected chi connectivity index (χ0v) is 14.0. The lowest BCUT2D eigenvalue weighted by Crippen LogP contribution is -2.37. The minimum Gasteiger partial charge on any atom is -0.497 e. The summed E-state index contributed by atoms with van der Waals surface area (Å²) in [6, 6.07) is 14.4. The van der Waals surface area contributed by atoms with Crippen molar-refractivity contribution < 1.29 is 14.3 Å². The summed E-state index contributed by atoms with van der Waals surface area (Å²) in [6.45, 7) is 3.96. The highest BCUT2D eigenvalue weighted by atomic mass is 16.5. The first-order valence-corrected chi connectivity index (χ1v) is 7.85. The van der Waals surface area contributed by atoms with Crippen LogP contribution in [0.25, 0.3) is 0 Å². The van der Waals surface area contributed by atoms with Gasteiger partial charge in [-0.15, -0.1) is 0 Å². The molecule has 3 rings (SSSR count). The van der Waals surface area contributed by atoms with E-state index in [1.165, 1.54) is 0 Å². The zero-order valence-electron chi connectivity index (χ0n) is 14.0. The number of Topliss-reactive ketones (excluding diaryl/α,β-unsaturated/α-hetero) is 1. The van der Waals surface area contributed by atoms with Gasteiger partial charge in [0.15, 0.2) is 5.78 Å². The Hall–Kier alpha value is -2.80. The summed E-state index contributed by atoms with van der Waals surface area (Å²) in [5.74, 6) is 1.17. The third-order valence-electron chi connectivity index (χ3n) is 4.29. The molecule has 1 atom stereocenters. The molecule has 4 nitrogen and oxygen atoms in total. The topological polar surface area (TPSA) is 59.3 Å². The number of rotatable bonds is 3. The van der Waals surface area contributed by atoms with Gasteiger partial charge in [0.05, 0.1) is 24.7 Å². The van der Waals surface area contributed by atoms with Crippen LogP contribution in [0.5, 0.6) is 11.5 Å². The summed E-state index contributed by atoms with van der Waals surface area (Å²) in [4.78, 5) is 13.0. The normalized spacial score (nSPS) is 18.0. The van der Waals surface area contributed by atoms with Crippen LogP contribution >= 0.6 is 0 Å². The molecule has 0 aromatic heterocycles. The minimum atomic E-state index is -0.438. The first-order chi connectivity index (χ1) is 11.4. The van der Waals surface area contributed by atoms with Crippen LogP contribution in [0.4, 0.5) is 0 Å². The number of carbonyl (C=O) groups excluding carboxylic acids is 1. The van der Waals surface area contributed by atoms with Gasteiger partial charge in [0.2, 0.25) is 0 Å². The van der Waals surface area contributed by atoms with Crippen molar-refractivity contribution in [3.63, 3.8) is 0 Å². The molecule has 0 fully saturated rings. The van der Waals surface area contributed by atoms with Crippen LogP contribution in [-0.2, 0) is 0 Å². The molecular formula is C20H19NO3. The lowest BCUT2D eigenvalue weighted by Gasteiger charge is -2.37. The van der Waals surface area contributed by atoms with Crippen LogP contribution < -0.4 is 9.47 Å². The van der Waals surface area contributed by atoms with Crippen LogP contribution in [0, 0.1) is 11.3 Å². The average Bonchev–Trinajstić information content (AvgIpc) is 2.59. The van der Waals surface area contributed by atoms with Gasteiger partial charge in [-0.3, -0.25) is 4.79 Å². The van der Waals surface area contributed by atoms with Crippen molar-refractivity contribution >= 4 is 5.78 Å². The molecule has 0 amide bonds. The predicted octanol–water partition coefficient (Wildman–Crippen LogP) is 4.09. The van der Waals surface area contributed by atoms with Crippen molar-refractivity contribution in [2.75, 3.05) is 7.11 Å². The van der Waals surface area contributed by atoms with Crippen molar-refractivity contribution in [1.29, 1.82) is 5.26 Å². The largest absolute Gasteiger partial charge is 0.497 e. The number of carbonyl (C=O) groups is 1. The van der Waals surface area contributed by atoms with Gasteiger partial charge in [-0.1, -0.05) is 18.2 Å². The van der Waals surface area contributed by atoms with E-state index in [1.54, 1.807) is 31.4 Å². The number of methoxy groups -OCH3 is 1. The molecule has 0 saturated carbocycles. The first kappa shape index (κ1) is 16.1. The Bertz CT molecular complexity index is 816. The summed E-state index contributed by atoms with van der Waals surface area (Å²) in [5, 5.41) is 8.90. The van der Waals surface area contributed by atoms with E-state index in [0.717, 1.165) is 5.56 Å². The van der Waals surface area contributed by atoms with Crippen LogP contribution in [0.15, 0.2) is 42.5 Å². The fraction of sp³-hybridized carbons (Fsp3) is 0.300. The monoisotopic (exact) mass is 321 g/mol. The second-order valence-electron chi connectivity index (χ2n) is 6.58. The molecule has 0 spiro atoms. The van der Waals surface area contributed by atoms with Crippen LogP contribution in [0.1, 0.15) is 47.7 Å². The van der Waals surface area contributed by atoms with E-state index >= 15 is 0 Å². The van der Waals surface area contributed by atoms with E-state index in [0.29, 0.717) is 29.0 Å². The first-order valence-electron chi connectivity index (χ1n) is 7.85. The van der Waals surface area contributed by atoms with Crippen LogP contribution in [-0.4, -0.2) is 18.5 Å². The maximum Gasteiger partial charge on any atom is 0.170 e. The number of nitriles is 1. The van der Waals surface area contributed by atoms with Crippen molar-refractivity contribution in [3.8, 4) is 17.6 Å². The fourth-order valence-electron chi connectivity index (χ4n) is 3.10. The molecule has 0 aliphatic carbocycles. The maximum atomic E-state index is 13.0. The maximum absolute atomic E-state index is 13.0. The molecule has 1 aliphatic heterocycles. The van der Waals surface area contributed by atoms with Gasteiger partial charge in [0.1, 0.15) is 17.1 Å². The highest BCUT2D eigenvalue weighted by Crippen LogP contribution is 2.43. The molecule has 0 saturated heterocycles. The van der Waals surface area contributed by atoms with E-state index in [1.807, 2.05) is 32.0 Å². The lowest BCUT2D eigenvalue weighted by molar-refractivity contribution is 0.0616. The van der Waals surface area contributed by atoms with E-state index in [4.69, 9.17) is 14.7 Å². The van der Waals surface area contributed by atoms with E-state index < -0.39 is 5.60 Å². The standard InChI is InChI=1S/C20H19NO3/c1-20(2)11-17(16-9-8-15(23-3)10-18(16)24-20)19(22)14-6-4-13(12-21)5-7-14/h4-10,17H,11H2,1-3H3. The molecule has 0 bridgehead atoms. The van der Waals surface area contributed by atoms with Gasteiger partial charge in [-0.05, 0) is 32.0 Å².